The van der Waals surface area contributed by atoms with Gasteiger partial charge in [-0.15, -0.1) is 0 Å². The minimum absolute atomic E-state index is 0.186. The van der Waals surface area contributed by atoms with Gasteiger partial charge < -0.3 is 9.47 Å². The van der Waals surface area contributed by atoms with Crippen LogP contribution in [0.25, 0.3) is 38.6 Å². The molecule has 2 heteroatoms. The van der Waals surface area contributed by atoms with Gasteiger partial charge in [0.2, 0.25) is 0 Å². The quantitative estimate of drug-likeness (QED) is 0.190. The molecule has 0 saturated heterocycles. The maximum absolute atomic E-state index is 2.54. The van der Waals surface area contributed by atoms with E-state index < -0.39 is 0 Å². The van der Waals surface area contributed by atoms with E-state index in [0.717, 1.165) is 29.4 Å². The maximum atomic E-state index is 2.54. The molecule has 7 aromatic rings. The molecule has 6 aromatic carbocycles. The summed E-state index contributed by atoms with van der Waals surface area (Å²) in [7, 11) is 0. The second-order valence-corrected chi connectivity index (χ2v) is 15.0. The lowest BCUT2D eigenvalue weighted by Gasteiger charge is -2.61. The van der Waals surface area contributed by atoms with Gasteiger partial charge in [0.05, 0.1) is 11.0 Å². The molecule has 2 nitrogen and oxygen atoms in total. The molecule has 0 N–H and O–H groups in total. The Labute approximate surface area is 282 Å². The third-order valence-corrected chi connectivity index (χ3v) is 12.7. The van der Waals surface area contributed by atoms with Crippen LogP contribution in [-0.4, -0.2) is 4.57 Å². The molecule has 5 aliphatic rings. The Morgan fingerprint density at radius 3 is 1.77 bits per heavy atom. The van der Waals surface area contributed by atoms with Crippen molar-refractivity contribution in [3.8, 4) is 16.8 Å². The predicted octanol–water partition coefficient (Wildman–Crippen LogP) is 12.0. The lowest BCUT2D eigenvalue weighted by atomic mass is 9.43. The van der Waals surface area contributed by atoms with Crippen molar-refractivity contribution in [3.63, 3.8) is 0 Å². The van der Waals surface area contributed by atoms with Crippen molar-refractivity contribution in [3.05, 3.63) is 157 Å². The highest BCUT2D eigenvalue weighted by Crippen LogP contribution is 2.69. The molecular formula is C46H38N2. The molecular weight excluding hydrogens is 581 g/mol. The number of hydrogen-bond acceptors (Lipinski definition) is 1. The van der Waals surface area contributed by atoms with Gasteiger partial charge in [0.15, 0.2) is 0 Å². The van der Waals surface area contributed by atoms with E-state index >= 15 is 0 Å². The molecule has 4 fully saturated rings. The van der Waals surface area contributed by atoms with Crippen molar-refractivity contribution in [2.45, 2.75) is 37.5 Å². The number of anilines is 3. The SMILES string of the molecule is c1ccc(N(c2cccc(-n3c4ccccc4c4ccccc43)c2)c2ccc3c(c2)-c2ccccc2C32C3CC4CC(C3)CC2C4)cc1. The molecule has 0 aliphatic heterocycles. The smallest absolute Gasteiger partial charge is 0.0541 e. The van der Waals surface area contributed by atoms with E-state index in [4.69, 9.17) is 0 Å². The Bertz CT molecular complexity index is 2300. The van der Waals surface area contributed by atoms with E-state index in [2.05, 4.69) is 155 Å². The van der Waals surface area contributed by atoms with Crippen LogP contribution in [0.3, 0.4) is 0 Å². The van der Waals surface area contributed by atoms with Crippen LogP contribution in [-0.2, 0) is 5.41 Å². The molecule has 48 heavy (non-hydrogen) atoms. The second kappa shape index (κ2) is 9.97. The summed E-state index contributed by atoms with van der Waals surface area (Å²) in [4.78, 5) is 2.46. The van der Waals surface area contributed by atoms with Crippen LogP contribution in [0, 0.1) is 23.7 Å². The molecule has 12 rings (SSSR count). The summed E-state index contributed by atoms with van der Waals surface area (Å²) >= 11 is 0. The molecule has 4 saturated carbocycles. The largest absolute Gasteiger partial charge is 0.310 e. The van der Waals surface area contributed by atoms with Crippen LogP contribution in [0.1, 0.15) is 43.2 Å². The van der Waals surface area contributed by atoms with Crippen LogP contribution in [0.2, 0.25) is 0 Å². The molecule has 4 bridgehead atoms. The van der Waals surface area contributed by atoms with Crippen molar-refractivity contribution in [2.75, 3.05) is 4.90 Å². The fourth-order valence-electron chi connectivity index (χ4n) is 11.3. The number of nitrogens with zero attached hydrogens (tertiary/aromatic N) is 2. The third kappa shape index (κ3) is 3.58. The van der Waals surface area contributed by atoms with Gasteiger partial charge in [0, 0.05) is 38.9 Å². The lowest BCUT2D eigenvalue weighted by molar-refractivity contribution is -0.0399. The first kappa shape index (κ1) is 26.9. The van der Waals surface area contributed by atoms with Gasteiger partial charge in [-0.2, -0.15) is 0 Å². The maximum Gasteiger partial charge on any atom is 0.0541 e. The van der Waals surface area contributed by atoms with Crippen LogP contribution < -0.4 is 4.90 Å². The number of hydrogen-bond donors (Lipinski definition) is 0. The van der Waals surface area contributed by atoms with Crippen molar-refractivity contribution in [2.24, 2.45) is 23.7 Å². The molecule has 1 aromatic heterocycles. The Hall–Kier alpha value is -5.08. The fraction of sp³-hybridized carbons (Fsp3) is 0.217. The Morgan fingerprint density at radius 1 is 0.458 bits per heavy atom. The highest BCUT2D eigenvalue weighted by atomic mass is 15.1. The summed E-state index contributed by atoms with van der Waals surface area (Å²) in [6.07, 6.45) is 7.13. The summed E-state index contributed by atoms with van der Waals surface area (Å²) in [5, 5.41) is 2.57. The van der Waals surface area contributed by atoms with E-state index in [1.54, 1.807) is 11.1 Å². The van der Waals surface area contributed by atoms with Crippen molar-refractivity contribution in [1.29, 1.82) is 0 Å². The predicted molar refractivity (Wildman–Crippen MR) is 199 cm³/mol. The standard InChI is InChI=1S/C46H38N2/c1-2-11-34(12-3-1)47(35-13-10-14-36(28-35)48-44-19-8-5-16-39(44)40-17-6-9-20-45(40)48)37-21-22-43-41(29-37)38-15-4-7-18-42(38)46(43)32-24-30-23-31(26-32)27-33(46)25-30/h1-22,28-33H,23-27H2. The average molecular weight is 619 g/mol. The first-order valence-electron chi connectivity index (χ1n) is 18.0. The Morgan fingerprint density at radius 2 is 1.04 bits per heavy atom. The number of benzene rings is 6. The molecule has 5 aliphatic carbocycles. The summed E-state index contributed by atoms with van der Waals surface area (Å²) in [5.41, 5.74) is 13.5. The zero-order valence-electron chi connectivity index (χ0n) is 27.1. The van der Waals surface area contributed by atoms with Gasteiger partial charge in [-0.25, -0.2) is 0 Å². The van der Waals surface area contributed by atoms with Gasteiger partial charge in [0.1, 0.15) is 0 Å². The molecule has 232 valence electrons. The Balaban J connectivity index is 1.10. The van der Waals surface area contributed by atoms with Gasteiger partial charge in [-0.3, -0.25) is 0 Å². The minimum atomic E-state index is 0.186. The first-order chi connectivity index (χ1) is 23.8. The molecule has 0 amide bonds. The van der Waals surface area contributed by atoms with E-state index in [-0.39, 0.29) is 5.41 Å². The van der Waals surface area contributed by atoms with Crippen molar-refractivity contribution < 1.29 is 0 Å². The van der Waals surface area contributed by atoms with E-state index in [1.807, 2.05) is 0 Å². The van der Waals surface area contributed by atoms with Gasteiger partial charge in [0.25, 0.3) is 0 Å². The summed E-state index contributed by atoms with van der Waals surface area (Å²) < 4.78 is 2.42. The molecule has 0 radical (unpaired) electrons. The Kier molecular flexibility index (Phi) is 5.59. The van der Waals surface area contributed by atoms with E-state index in [1.165, 1.54) is 82.1 Å². The average Bonchev–Trinajstić information content (AvgIpc) is 3.62. The molecule has 0 unspecified atom stereocenters. The topological polar surface area (TPSA) is 8.17 Å². The first-order valence-corrected chi connectivity index (χ1v) is 18.0. The monoisotopic (exact) mass is 618 g/mol. The fourth-order valence-corrected chi connectivity index (χ4v) is 11.3. The van der Waals surface area contributed by atoms with Crippen LogP contribution in [0.15, 0.2) is 146 Å². The van der Waals surface area contributed by atoms with Crippen LogP contribution in [0.4, 0.5) is 17.1 Å². The van der Waals surface area contributed by atoms with Gasteiger partial charge >= 0.3 is 0 Å². The number of aromatic nitrogens is 1. The van der Waals surface area contributed by atoms with E-state index in [9.17, 15) is 0 Å². The molecule has 1 heterocycles. The second-order valence-electron chi connectivity index (χ2n) is 15.0. The number of fused-ring (bicyclic) bond motifs is 6. The summed E-state index contributed by atoms with van der Waals surface area (Å²) in [6, 6.07) is 54.5. The minimum Gasteiger partial charge on any atom is -0.310 e. The normalized spacial score (nSPS) is 24.8. The molecule has 0 atom stereocenters. The van der Waals surface area contributed by atoms with Gasteiger partial charge in [-0.05, 0) is 133 Å². The number of para-hydroxylation sites is 3. The third-order valence-electron chi connectivity index (χ3n) is 12.7. The van der Waals surface area contributed by atoms with E-state index in [0.29, 0.717) is 0 Å². The lowest BCUT2D eigenvalue weighted by Crippen LogP contribution is -2.55. The van der Waals surface area contributed by atoms with Crippen molar-refractivity contribution in [1.82, 2.24) is 4.57 Å². The van der Waals surface area contributed by atoms with Crippen LogP contribution in [0.5, 0.6) is 0 Å². The molecule has 1 spiro atoms. The highest BCUT2D eigenvalue weighted by Gasteiger charge is 2.61. The summed E-state index contributed by atoms with van der Waals surface area (Å²) in [5.74, 6) is 3.44. The summed E-state index contributed by atoms with van der Waals surface area (Å²) in [6.45, 7) is 0. The highest BCUT2D eigenvalue weighted by molar-refractivity contribution is 6.09. The van der Waals surface area contributed by atoms with Crippen LogP contribution >= 0.6 is 0 Å². The zero-order valence-corrected chi connectivity index (χ0v) is 27.1. The number of rotatable bonds is 4. The van der Waals surface area contributed by atoms with Gasteiger partial charge in [-0.1, -0.05) is 91.0 Å². The zero-order chi connectivity index (χ0) is 31.4. The van der Waals surface area contributed by atoms with Crippen molar-refractivity contribution >= 4 is 38.9 Å².